The summed E-state index contributed by atoms with van der Waals surface area (Å²) in [4.78, 5) is 58.2. The molecule has 0 aliphatic carbocycles. The number of hydrogen-bond donors (Lipinski definition) is 4. The third-order valence-corrected chi connectivity index (χ3v) is 6.03. The van der Waals surface area contributed by atoms with Gasteiger partial charge >= 0.3 is 6.09 Å². The lowest BCUT2D eigenvalue weighted by molar-refractivity contribution is -0.123. The quantitative estimate of drug-likeness (QED) is 0.205. The highest BCUT2D eigenvalue weighted by atomic mass is 16.5. The van der Waals surface area contributed by atoms with Gasteiger partial charge in [-0.1, -0.05) is 30.3 Å². The van der Waals surface area contributed by atoms with Gasteiger partial charge in [-0.3, -0.25) is 14.4 Å². The molecule has 0 saturated carbocycles. The fraction of sp³-hybridized carbons (Fsp3) is 0.207. The second-order valence-electron chi connectivity index (χ2n) is 9.31. The van der Waals surface area contributed by atoms with Crippen molar-refractivity contribution in [3.8, 4) is 11.5 Å². The van der Waals surface area contributed by atoms with Crippen LogP contribution in [0.1, 0.15) is 18.7 Å². The van der Waals surface area contributed by atoms with Crippen molar-refractivity contribution in [2.45, 2.75) is 25.4 Å². The monoisotopic (exact) mass is 558 g/mol. The number of para-hydroxylation sites is 2. The molecule has 4 aromatic rings. The van der Waals surface area contributed by atoms with E-state index in [1.54, 1.807) is 38.5 Å². The Bertz CT molecular complexity index is 1630. The molecule has 4 N–H and O–H groups in total. The van der Waals surface area contributed by atoms with Crippen LogP contribution in [0.4, 0.5) is 10.5 Å². The van der Waals surface area contributed by atoms with Gasteiger partial charge in [0.2, 0.25) is 11.8 Å². The lowest BCUT2D eigenvalue weighted by atomic mass is 10.1. The van der Waals surface area contributed by atoms with Gasteiger partial charge in [0.1, 0.15) is 28.8 Å². The Balaban J connectivity index is 1.48. The number of aromatic amines is 1. The van der Waals surface area contributed by atoms with E-state index in [4.69, 9.17) is 4.74 Å². The Morgan fingerprint density at radius 1 is 1.10 bits per heavy atom. The smallest absolute Gasteiger partial charge is 0.405 e. The predicted octanol–water partition coefficient (Wildman–Crippen LogP) is 3.56. The number of aromatic nitrogens is 3. The number of amides is 3. The van der Waals surface area contributed by atoms with Gasteiger partial charge in [0.05, 0.1) is 12.1 Å². The number of hydrogen-bond acceptors (Lipinski definition) is 6. The summed E-state index contributed by atoms with van der Waals surface area (Å²) in [5.41, 5.74) is 0.826. The van der Waals surface area contributed by atoms with Gasteiger partial charge in [-0.25, -0.2) is 9.78 Å². The molecule has 0 aliphatic rings. The Morgan fingerprint density at radius 2 is 1.88 bits per heavy atom. The number of imidazole rings is 1. The van der Waals surface area contributed by atoms with Crippen LogP contribution in [-0.2, 0) is 16.1 Å². The molecule has 2 aromatic heterocycles. The average Bonchev–Trinajstić information content (AvgIpc) is 3.36. The molecular weight excluding hydrogens is 528 g/mol. The Hall–Kier alpha value is -5.39. The molecule has 12 heteroatoms. The number of ether oxygens (including phenoxy) is 1. The van der Waals surface area contributed by atoms with Crippen LogP contribution in [-0.4, -0.2) is 62.6 Å². The molecule has 41 heavy (non-hydrogen) atoms. The summed E-state index contributed by atoms with van der Waals surface area (Å²) in [6, 6.07) is 16.7. The van der Waals surface area contributed by atoms with Crippen LogP contribution in [0.5, 0.6) is 11.5 Å². The van der Waals surface area contributed by atoms with Crippen molar-refractivity contribution in [3.05, 3.63) is 95.2 Å². The number of nitrogens with one attached hydrogen (secondary N) is 3. The van der Waals surface area contributed by atoms with E-state index < -0.39 is 23.6 Å². The maximum atomic E-state index is 13.2. The van der Waals surface area contributed by atoms with E-state index in [1.165, 1.54) is 21.6 Å². The van der Waals surface area contributed by atoms with Gasteiger partial charge in [-0.15, -0.1) is 0 Å². The zero-order valence-electron chi connectivity index (χ0n) is 22.5. The number of likely N-dealkylation sites (N-methyl/N-ethyl adjacent to an activating group) is 1. The minimum Gasteiger partial charge on any atom is -0.465 e. The number of carbonyl (C=O) groups excluding carboxylic acids is 2. The van der Waals surface area contributed by atoms with Crippen molar-refractivity contribution < 1.29 is 24.2 Å². The first kappa shape index (κ1) is 28.6. The molecular formula is C29H30N6O6. The van der Waals surface area contributed by atoms with Gasteiger partial charge in [-0.05, 0) is 55.3 Å². The number of carboxylic acid groups (broad SMARTS) is 1. The second-order valence-corrected chi connectivity index (χ2v) is 9.31. The van der Waals surface area contributed by atoms with Crippen LogP contribution in [0.2, 0.25) is 0 Å². The molecule has 0 aliphatic heterocycles. The molecule has 0 bridgehead atoms. The summed E-state index contributed by atoms with van der Waals surface area (Å²) in [6.07, 6.45) is 3.43. The highest BCUT2D eigenvalue weighted by Crippen LogP contribution is 2.28. The van der Waals surface area contributed by atoms with Gasteiger partial charge in [0.15, 0.2) is 5.75 Å². The molecule has 0 spiro atoms. The van der Waals surface area contributed by atoms with Crippen molar-refractivity contribution in [2.75, 3.05) is 19.4 Å². The molecule has 1 atom stereocenters. The number of pyridine rings is 1. The van der Waals surface area contributed by atoms with Crippen LogP contribution in [0, 0.1) is 0 Å². The van der Waals surface area contributed by atoms with Crippen molar-refractivity contribution in [1.82, 2.24) is 24.8 Å². The number of allylic oxidation sites excluding steroid dienone is 1. The van der Waals surface area contributed by atoms with Gasteiger partial charge < -0.3 is 34.9 Å². The maximum Gasteiger partial charge on any atom is 0.405 e. The Morgan fingerprint density at radius 3 is 2.61 bits per heavy atom. The summed E-state index contributed by atoms with van der Waals surface area (Å²) in [5.74, 6) is 0.798. The number of carbonyl (C=O) groups is 3. The Kier molecular flexibility index (Phi) is 9.15. The highest BCUT2D eigenvalue weighted by molar-refractivity contribution is 5.96. The number of nitrogens with zero attached hydrogens (tertiary/aromatic N) is 3. The van der Waals surface area contributed by atoms with Crippen LogP contribution in [0.3, 0.4) is 0 Å². The first-order valence-electron chi connectivity index (χ1n) is 12.8. The number of rotatable bonds is 11. The lowest BCUT2D eigenvalue weighted by Gasteiger charge is -2.16. The van der Waals surface area contributed by atoms with Crippen molar-refractivity contribution in [1.29, 1.82) is 0 Å². The second kappa shape index (κ2) is 13.1. The third-order valence-electron chi connectivity index (χ3n) is 6.03. The van der Waals surface area contributed by atoms with E-state index in [9.17, 15) is 24.3 Å². The molecule has 2 heterocycles. The molecule has 212 valence electrons. The maximum absolute atomic E-state index is 13.2. The summed E-state index contributed by atoms with van der Waals surface area (Å²) in [5, 5.41) is 13.9. The summed E-state index contributed by atoms with van der Waals surface area (Å²) in [6.45, 7) is 0.0868. The van der Waals surface area contributed by atoms with Crippen molar-refractivity contribution in [2.24, 2.45) is 0 Å². The van der Waals surface area contributed by atoms with E-state index in [-0.39, 0.29) is 31.0 Å². The van der Waals surface area contributed by atoms with Crippen LogP contribution in [0.25, 0.3) is 11.0 Å². The summed E-state index contributed by atoms with van der Waals surface area (Å²) >= 11 is 0. The number of anilines is 1. The van der Waals surface area contributed by atoms with Gasteiger partial charge in [0.25, 0.3) is 5.56 Å². The fourth-order valence-electron chi connectivity index (χ4n) is 3.98. The van der Waals surface area contributed by atoms with Gasteiger partial charge in [0, 0.05) is 20.3 Å². The SMILES string of the molecule is CN(C)C(=O)/C=C/CCC(NC(=O)O)C(=O)Nc1cccn(Cc2nc3c(Oc4ccccc4)cccc3[nH]2)c1=O. The van der Waals surface area contributed by atoms with E-state index in [2.05, 4.69) is 20.6 Å². The first-order valence-corrected chi connectivity index (χ1v) is 12.8. The van der Waals surface area contributed by atoms with Crippen molar-refractivity contribution >= 4 is 34.6 Å². The van der Waals surface area contributed by atoms with Gasteiger partial charge in [-0.2, -0.15) is 0 Å². The standard InChI is InChI=1S/C29H30N6O6/c1-34(2)25(36)16-7-6-12-21(32-29(39)40)27(37)31-22-14-9-17-35(28(22)38)18-24-30-20-13-8-15-23(26(20)33-24)41-19-10-4-3-5-11-19/h3-5,7-11,13-17,21,32H,6,12,18H2,1-2H3,(H,30,33)(H,31,37)(H,39,40)/b16-7+. The zero-order chi connectivity index (χ0) is 29.4. The van der Waals surface area contributed by atoms with E-state index in [0.29, 0.717) is 22.8 Å². The number of fused-ring (bicyclic) bond motifs is 1. The highest BCUT2D eigenvalue weighted by Gasteiger charge is 2.21. The average molecular weight is 559 g/mol. The molecule has 4 rings (SSSR count). The van der Waals surface area contributed by atoms with E-state index in [0.717, 1.165) is 5.52 Å². The summed E-state index contributed by atoms with van der Waals surface area (Å²) < 4.78 is 7.35. The largest absolute Gasteiger partial charge is 0.465 e. The normalized spacial score (nSPS) is 11.8. The molecule has 0 fully saturated rings. The minimum absolute atomic E-state index is 0.0165. The minimum atomic E-state index is -1.38. The lowest BCUT2D eigenvalue weighted by Crippen LogP contribution is -2.44. The topological polar surface area (TPSA) is 159 Å². The fourth-order valence-corrected chi connectivity index (χ4v) is 3.98. The molecule has 0 radical (unpaired) electrons. The summed E-state index contributed by atoms with van der Waals surface area (Å²) in [7, 11) is 3.21. The number of H-pyrrole nitrogens is 1. The predicted molar refractivity (Wildman–Crippen MR) is 153 cm³/mol. The first-order chi connectivity index (χ1) is 19.7. The van der Waals surface area contributed by atoms with Crippen LogP contribution >= 0.6 is 0 Å². The molecule has 2 aromatic carbocycles. The zero-order valence-corrected chi connectivity index (χ0v) is 22.5. The third kappa shape index (κ3) is 7.60. The molecule has 1 unspecified atom stereocenters. The van der Waals surface area contributed by atoms with Crippen LogP contribution < -0.4 is 20.9 Å². The Labute approximate surface area is 235 Å². The molecule has 3 amide bonds. The van der Waals surface area contributed by atoms with Crippen molar-refractivity contribution in [3.63, 3.8) is 0 Å². The van der Waals surface area contributed by atoms with E-state index in [1.807, 2.05) is 42.5 Å². The molecule has 0 saturated heterocycles. The van der Waals surface area contributed by atoms with E-state index >= 15 is 0 Å². The van der Waals surface area contributed by atoms with Crippen LogP contribution in [0.15, 0.2) is 83.8 Å². The molecule has 12 nitrogen and oxygen atoms in total. The number of benzene rings is 2.